The fraction of sp³-hybridized carbons (Fsp3) is 0.786. The SMILES string of the molecule is COCOc1c(B2OC(C)(C)C(C)(C)O2)cc(C)cc1C12CC3(C)CC4(C)CC(C)(C1)C34C2. The van der Waals surface area contributed by atoms with Crippen LogP contribution < -0.4 is 10.2 Å². The van der Waals surface area contributed by atoms with Crippen molar-refractivity contribution in [3.05, 3.63) is 23.3 Å². The molecule has 1 aliphatic heterocycles. The van der Waals surface area contributed by atoms with Gasteiger partial charge in [-0.3, -0.25) is 0 Å². The summed E-state index contributed by atoms with van der Waals surface area (Å²) < 4.78 is 24.9. The molecule has 0 N–H and O–H groups in total. The maximum atomic E-state index is 6.52. The minimum absolute atomic E-state index is 0.158. The van der Waals surface area contributed by atoms with Gasteiger partial charge in [0.1, 0.15) is 5.75 Å². The Labute approximate surface area is 200 Å². The Balaban J connectivity index is 1.49. The molecule has 2 bridgehead atoms. The average molecular weight is 452 g/mol. The second-order valence-electron chi connectivity index (χ2n) is 14.1. The smallest absolute Gasteiger partial charge is 0.468 e. The zero-order chi connectivity index (χ0) is 23.9. The van der Waals surface area contributed by atoms with Crippen molar-refractivity contribution in [3.8, 4) is 5.75 Å². The summed E-state index contributed by atoms with van der Waals surface area (Å²) in [5.41, 5.74) is 4.92. The Kier molecular flexibility index (Phi) is 4.09. The highest BCUT2D eigenvalue weighted by Crippen LogP contribution is 2.97. The minimum atomic E-state index is -0.442. The van der Waals surface area contributed by atoms with E-state index in [1.165, 1.54) is 43.2 Å². The molecule has 1 aromatic carbocycles. The average Bonchev–Trinajstić information content (AvgIpc) is 3.17. The van der Waals surface area contributed by atoms with Crippen molar-refractivity contribution < 1.29 is 18.8 Å². The summed E-state index contributed by atoms with van der Waals surface area (Å²) in [5.74, 6) is 0.939. The summed E-state index contributed by atoms with van der Waals surface area (Å²) in [7, 11) is 1.25. The third-order valence-corrected chi connectivity index (χ3v) is 11.4. The van der Waals surface area contributed by atoms with Crippen LogP contribution in [0, 0.1) is 28.6 Å². The van der Waals surface area contributed by atoms with Gasteiger partial charge in [-0.05, 0) is 88.4 Å². The first-order valence-corrected chi connectivity index (χ1v) is 12.8. The van der Waals surface area contributed by atoms with E-state index in [0.29, 0.717) is 21.7 Å². The van der Waals surface area contributed by atoms with Crippen molar-refractivity contribution in [3.63, 3.8) is 0 Å². The maximum Gasteiger partial charge on any atom is 0.498 e. The van der Waals surface area contributed by atoms with Gasteiger partial charge in [-0.25, -0.2) is 0 Å². The molecular weight excluding hydrogens is 411 g/mol. The van der Waals surface area contributed by atoms with Gasteiger partial charge in [-0.1, -0.05) is 38.5 Å². The van der Waals surface area contributed by atoms with Crippen LogP contribution in [0.1, 0.15) is 91.7 Å². The number of ether oxygens (including phenoxy) is 2. The number of benzene rings is 1. The molecule has 4 aliphatic carbocycles. The van der Waals surface area contributed by atoms with Crippen molar-refractivity contribution in [2.24, 2.45) is 21.7 Å². The van der Waals surface area contributed by atoms with E-state index < -0.39 is 7.12 Å². The van der Waals surface area contributed by atoms with E-state index in [2.05, 4.69) is 67.5 Å². The van der Waals surface area contributed by atoms with Gasteiger partial charge in [0, 0.05) is 23.6 Å². The molecule has 4 nitrogen and oxygen atoms in total. The molecule has 1 saturated heterocycles. The van der Waals surface area contributed by atoms with Crippen LogP contribution in [-0.4, -0.2) is 32.2 Å². The summed E-state index contributed by atoms with van der Waals surface area (Å²) in [6.07, 6.45) is 6.57. The number of aryl methyl sites for hydroxylation is 1. The Morgan fingerprint density at radius 1 is 0.818 bits per heavy atom. The molecule has 5 fully saturated rings. The van der Waals surface area contributed by atoms with E-state index >= 15 is 0 Å². The Morgan fingerprint density at radius 3 is 1.85 bits per heavy atom. The molecule has 2 atom stereocenters. The lowest BCUT2D eigenvalue weighted by molar-refractivity contribution is -0.345. The van der Waals surface area contributed by atoms with Gasteiger partial charge in [0.2, 0.25) is 0 Å². The highest BCUT2D eigenvalue weighted by molar-refractivity contribution is 6.63. The number of rotatable bonds is 5. The van der Waals surface area contributed by atoms with Crippen LogP contribution in [0.3, 0.4) is 0 Å². The van der Waals surface area contributed by atoms with Gasteiger partial charge in [-0.15, -0.1) is 0 Å². The van der Waals surface area contributed by atoms with Gasteiger partial charge in [0.15, 0.2) is 6.79 Å². The maximum absolute atomic E-state index is 6.52. The van der Waals surface area contributed by atoms with Crippen LogP contribution in [0.25, 0.3) is 0 Å². The topological polar surface area (TPSA) is 36.9 Å². The summed E-state index contributed by atoms with van der Waals surface area (Å²) in [5, 5.41) is 0. The van der Waals surface area contributed by atoms with Crippen LogP contribution in [0.2, 0.25) is 0 Å². The molecule has 5 aliphatic rings. The Bertz CT molecular complexity index is 1010. The summed E-state index contributed by atoms with van der Waals surface area (Å²) in [6, 6.07) is 4.60. The first-order valence-electron chi connectivity index (χ1n) is 12.8. The van der Waals surface area contributed by atoms with E-state index in [0.717, 1.165) is 11.2 Å². The summed E-state index contributed by atoms with van der Waals surface area (Å²) in [4.78, 5) is 0. The van der Waals surface area contributed by atoms with Crippen molar-refractivity contribution in [2.45, 2.75) is 104 Å². The molecule has 1 spiro atoms. The van der Waals surface area contributed by atoms with Crippen LogP contribution in [0.15, 0.2) is 12.1 Å². The quantitative estimate of drug-likeness (QED) is 0.435. The lowest BCUT2D eigenvalue weighted by Gasteiger charge is -2.83. The molecule has 0 amide bonds. The van der Waals surface area contributed by atoms with Crippen LogP contribution in [0.4, 0.5) is 0 Å². The highest BCUT2D eigenvalue weighted by atomic mass is 16.7. The Hall–Kier alpha value is -1.04. The molecule has 0 radical (unpaired) electrons. The zero-order valence-electron chi connectivity index (χ0n) is 22.1. The van der Waals surface area contributed by atoms with Crippen molar-refractivity contribution in [2.75, 3.05) is 13.9 Å². The third kappa shape index (κ3) is 2.36. The number of hydrogen-bond donors (Lipinski definition) is 0. The van der Waals surface area contributed by atoms with E-state index in [-0.39, 0.29) is 23.4 Å². The molecule has 0 aromatic heterocycles. The van der Waals surface area contributed by atoms with Crippen LogP contribution in [0.5, 0.6) is 5.75 Å². The molecule has 1 aromatic rings. The number of fused-ring (bicyclic) bond motifs is 1. The van der Waals surface area contributed by atoms with Gasteiger partial charge in [-0.2, -0.15) is 0 Å². The summed E-state index contributed by atoms with van der Waals surface area (Å²) in [6.45, 7) is 18.6. The predicted molar refractivity (Wildman–Crippen MR) is 131 cm³/mol. The molecular formula is C28H41BO4. The van der Waals surface area contributed by atoms with E-state index in [4.69, 9.17) is 18.8 Å². The first-order chi connectivity index (χ1) is 15.2. The molecule has 2 unspecified atom stereocenters. The molecule has 33 heavy (non-hydrogen) atoms. The molecule has 4 saturated carbocycles. The number of hydrogen-bond acceptors (Lipinski definition) is 4. The predicted octanol–water partition coefficient (Wildman–Crippen LogP) is 5.52. The molecule has 1 heterocycles. The van der Waals surface area contributed by atoms with E-state index in [9.17, 15) is 0 Å². The second kappa shape index (κ2) is 6.02. The molecule has 180 valence electrons. The van der Waals surface area contributed by atoms with Gasteiger partial charge >= 0.3 is 7.12 Å². The van der Waals surface area contributed by atoms with E-state index in [1.54, 1.807) is 7.11 Å². The summed E-state index contributed by atoms with van der Waals surface area (Å²) >= 11 is 0. The normalized spacial score (nSPS) is 45.5. The third-order valence-electron chi connectivity index (χ3n) is 11.4. The second-order valence-corrected chi connectivity index (χ2v) is 14.1. The molecule has 5 heteroatoms. The van der Waals surface area contributed by atoms with Crippen LogP contribution in [-0.2, 0) is 19.5 Å². The molecule has 6 rings (SSSR count). The van der Waals surface area contributed by atoms with Gasteiger partial charge < -0.3 is 18.8 Å². The van der Waals surface area contributed by atoms with E-state index in [1.807, 2.05) is 0 Å². The monoisotopic (exact) mass is 452 g/mol. The first kappa shape index (κ1) is 22.4. The van der Waals surface area contributed by atoms with Crippen molar-refractivity contribution in [1.29, 1.82) is 0 Å². The van der Waals surface area contributed by atoms with Crippen molar-refractivity contribution in [1.82, 2.24) is 0 Å². The van der Waals surface area contributed by atoms with Crippen molar-refractivity contribution >= 4 is 12.6 Å². The van der Waals surface area contributed by atoms with Crippen LogP contribution >= 0.6 is 0 Å². The zero-order valence-corrected chi connectivity index (χ0v) is 22.1. The standard InChI is InChI=1S/C28H41BO4/c1-18-10-19(27-14-25(7)12-24(6)13-26(8,15-27)28(24,25)16-27)21(31-17-30-9)20(11-18)29-32-22(2,3)23(4,5)33-29/h10-11H,12-17H2,1-9H3. The lowest BCUT2D eigenvalue weighted by atomic mass is 9.21. The largest absolute Gasteiger partial charge is 0.498 e. The highest BCUT2D eigenvalue weighted by Gasteiger charge is 2.91. The van der Waals surface area contributed by atoms with Gasteiger partial charge in [0.05, 0.1) is 11.2 Å². The lowest BCUT2D eigenvalue weighted by Crippen LogP contribution is -2.76. The number of methoxy groups -OCH3 is 1. The fourth-order valence-electron chi connectivity index (χ4n) is 10.5. The Morgan fingerprint density at radius 2 is 1.36 bits per heavy atom. The minimum Gasteiger partial charge on any atom is -0.468 e. The fourth-order valence-corrected chi connectivity index (χ4v) is 10.5. The van der Waals surface area contributed by atoms with Gasteiger partial charge in [0.25, 0.3) is 0 Å².